The molecule has 20 heavy (non-hydrogen) atoms. The van der Waals surface area contributed by atoms with E-state index in [1.54, 1.807) is 0 Å². The average molecular weight is 274 g/mol. The molecule has 4 nitrogen and oxygen atoms in total. The molecule has 0 saturated heterocycles. The molecule has 1 aromatic heterocycles. The van der Waals surface area contributed by atoms with Gasteiger partial charge in [0, 0.05) is 17.3 Å². The summed E-state index contributed by atoms with van der Waals surface area (Å²) in [5.74, 6) is 6.64. The molecule has 106 valence electrons. The van der Waals surface area contributed by atoms with Crippen LogP contribution in [0.25, 0.3) is 11.4 Å². The van der Waals surface area contributed by atoms with Crippen molar-refractivity contribution in [3.05, 3.63) is 41.3 Å². The molecule has 0 radical (unpaired) electrons. The molecule has 1 aromatic carbocycles. The number of hydrazine groups is 1. The Kier molecular flexibility index (Phi) is 4.29. The van der Waals surface area contributed by atoms with Gasteiger partial charge < -0.3 is 5.43 Å². The number of nitrogens with one attached hydrogen (secondary N) is 1. The summed E-state index contributed by atoms with van der Waals surface area (Å²) in [6, 6.07) is 6.58. The molecule has 0 fully saturated rings. The number of nitrogens with zero attached hydrogens (tertiary/aromatic N) is 2. The molecule has 0 saturated carbocycles. The van der Waals surface area contributed by atoms with Gasteiger partial charge in [-0.1, -0.05) is 13.8 Å². The predicted molar refractivity (Wildman–Crippen MR) is 78.5 cm³/mol. The van der Waals surface area contributed by atoms with Crippen molar-refractivity contribution >= 4 is 5.82 Å². The minimum Gasteiger partial charge on any atom is -0.308 e. The van der Waals surface area contributed by atoms with Crippen molar-refractivity contribution in [3.8, 4) is 11.4 Å². The van der Waals surface area contributed by atoms with Crippen LogP contribution in [0.4, 0.5) is 10.2 Å². The van der Waals surface area contributed by atoms with Gasteiger partial charge in [0.05, 0.1) is 0 Å². The monoisotopic (exact) mass is 274 g/mol. The van der Waals surface area contributed by atoms with Crippen LogP contribution in [0.15, 0.2) is 24.3 Å². The van der Waals surface area contributed by atoms with E-state index in [1.807, 2.05) is 19.1 Å². The predicted octanol–water partition coefficient (Wildman–Crippen LogP) is 3.08. The number of hydrogen-bond donors (Lipinski definition) is 2. The van der Waals surface area contributed by atoms with Crippen molar-refractivity contribution in [1.29, 1.82) is 0 Å². The van der Waals surface area contributed by atoms with Crippen LogP contribution in [-0.2, 0) is 6.42 Å². The molecule has 2 rings (SSSR count). The van der Waals surface area contributed by atoms with Crippen molar-refractivity contribution in [1.82, 2.24) is 9.97 Å². The summed E-state index contributed by atoms with van der Waals surface area (Å²) in [5, 5.41) is 0. The highest BCUT2D eigenvalue weighted by atomic mass is 19.1. The fourth-order valence-electron chi connectivity index (χ4n) is 2.09. The van der Waals surface area contributed by atoms with Crippen LogP contribution in [0.5, 0.6) is 0 Å². The Morgan fingerprint density at radius 3 is 2.55 bits per heavy atom. The van der Waals surface area contributed by atoms with Crippen LogP contribution >= 0.6 is 0 Å². The minimum atomic E-state index is -0.292. The zero-order valence-corrected chi connectivity index (χ0v) is 11.9. The first kappa shape index (κ1) is 14.4. The standard InChI is InChI=1S/C15H19FN4/c1-9(2)4-13-8-14(20-17)19-15(18-13)11-5-10(3)6-12(16)7-11/h5-9H,4,17H2,1-3H3,(H,18,19,20). The Balaban J connectivity index is 2.49. The summed E-state index contributed by atoms with van der Waals surface area (Å²) in [7, 11) is 0. The molecule has 0 aliphatic heterocycles. The summed E-state index contributed by atoms with van der Waals surface area (Å²) in [4.78, 5) is 8.80. The largest absolute Gasteiger partial charge is 0.308 e. The van der Waals surface area contributed by atoms with E-state index in [-0.39, 0.29) is 5.82 Å². The zero-order chi connectivity index (χ0) is 14.7. The number of anilines is 1. The van der Waals surface area contributed by atoms with Gasteiger partial charge in [-0.2, -0.15) is 0 Å². The Labute approximate surface area is 118 Å². The molecule has 0 bridgehead atoms. The maximum atomic E-state index is 13.5. The number of aryl methyl sites for hydroxylation is 1. The van der Waals surface area contributed by atoms with E-state index in [1.165, 1.54) is 12.1 Å². The SMILES string of the molecule is Cc1cc(F)cc(-c2nc(CC(C)C)cc(NN)n2)c1. The van der Waals surface area contributed by atoms with Gasteiger partial charge in [-0.05, 0) is 43.0 Å². The molecule has 2 aromatic rings. The van der Waals surface area contributed by atoms with E-state index in [2.05, 4.69) is 29.2 Å². The summed E-state index contributed by atoms with van der Waals surface area (Å²) in [6.45, 7) is 6.07. The van der Waals surface area contributed by atoms with Gasteiger partial charge in [0.1, 0.15) is 11.6 Å². The molecule has 0 unspecified atom stereocenters. The van der Waals surface area contributed by atoms with Crippen LogP contribution in [0.2, 0.25) is 0 Å². The number of nitrogens with two attached hydrogens (primary N) is 1. The highest BCUT2D eigenvalue weighted by molar-refractivity contribution is 5.58. The van der Waals surface area contributed by atoms with E-state index in [0.717, 1.165) is 17.7 Å². The maximum Gasteiger partial charge on any atom is 0.161 e. The number of hydrogen-bond acceptors (Lipinski definition) is 4. The molecule has 5 heteroatoms. The summed E-state index contributed by atoms with van der Waals surface area (Å²) >= 11 is 0. The van der Waals surface area contributed by atoms with E-state index in [4.69, 9.17) is 5.84 Å². The fourth-order valence-corrected chi connectivity index (χ4v) is 2.09. The van der Waals surface area contributed by atoms with E-state index in [9.17, 15) is 4.39 Å². The first-order chi connectivity index (χ1) is 9.47. The minimum absolute atomic E-state index is 0.292. The summed E-state index contributed by atoms with van der Waals surface area (Å²) in [5.41, 5.74) is 4.91. The number of benzene rings is 1. The van der Waals surface area contributed by atoms with Crippen molar-refractivity contribution in [3.63, 3.8) is 0 Å². The lowest BCUT2D eigenvalue weighted by atomic mass is 10.1. The third kappa shape index (κ3) is 3.51. The van der Waals surface area contributed by atoms with Crippen LogP contribution in [0.1, 0.15) is 25.1 Å². The van der Waals surface area contributed by atoms with Crippen LogP contribution in [0, 0.1) is 18.7 Å². The molecular weight excluding hydrogens is 255 g/mol. The highest BCUT2D eigenvalue weighted by Gasteiger charge is 2.09. The van der Waals surface area contributed by atoms with Gasteiger partial charge in [-0.3, -0.25) is 0 Å². The van der Waals surface area contributed by atoms with E-state index < -0.39 is 0 Å². The van der Waals surface area contributed by atoms with Gasteiger partial charge in [-0.15, -0.1) is 0 Å². The molecule has 0 atom stereocenters. The van der Waals surface area contributed by atoms with Crippen molar-refractivity contribution in [2.75, 3.05) is 5.43 Å². The first-order valence-electron chi connectivity index (χ1n) is 6.60. The maximum absolute atomic E-state index is 13.5. The Morgan fingerprint density at radius 1 is 1.20 bits per heavy atom. The second kappa shape index (κ2) is 5.96. The topological polar surface area (TPSA) is 63.8 Å². The van der Waals surface area contributed by atoms with E-state index in [0.29, 0.717) is 23.1 Å². The Hall–Kier alpha value is -2.01. The van der Waals surface area contributed by atoms with Crippen molar-refractivity contribution in [2.24, 2.45) is 11.8 Å². The number of nitrogen functional groups attached to an aromatic ring is 1. The third-order valence-electron chi connectivity index (χ3n) is 2.84. The Morgan fingerprint density at radius 2 is 1.95 bits per heavy atom. The second-order valence-electron chi connectivity index (χ2n) is 5.33. The zero-order valence-electron chi connectivity index (χ0n) is 11.9. The quantitative estimate of drug-likeness (QED) is 0.664. The molecule has 0 amide bonds. The van der Waals surface area contributed by atoms with Gasteiger partial charge >= 0.3 is 0 Å². The van der Waals surface area contributed by atoms with E-state index >= 15 is 0 Å². The summed E-state index contributed by atoms with van der Waals surface area (Å²) < 4.78 is 13.5. The Bertz CT molecular complexity index is 591. The molecule has 0 aliphatic carbocycles. The lowest BCUT2D eigenvalue weighted by Crippen LogP contribution is -2.11. The highest BCUT2D eigenvalue weighted by Crippen LogP contribution is 2.21. The van der Waals surface area contributed by atoms with Crippen molar-refractivity contribution < 1.29 is 4.39 Å². The van der Waals surface area contributed by atoms with Crippen molar-refractivity contribution in [2.45, 2.75) is 27.2 Å². The third-order valence-corrected chi connectivity index (χ3v) is 2.84. The smallest absolute Gasteiger partial charge is 0.161 e. The first-order valence-corrected chi connectivity index (χ1v) is 6.60. The average Bonchev–Trinajstić information content (AvgIpc) is 2.36. The molecular formula is C15H19FN4. The van der Waals surface area contributed by atoms with Gasteiger partial charge in [0.25, 0.3) is 0 Å². The molecule has 0 spiro atoms. The second-order valence-corrected chi connectivity index (χ2v) is 5.33. The van der Waals surface area contributed by atoms with Gasteiger partial charge in [0.15, 0.2) is 5.82 Å². The van der Waals surface area contributed by atoms with Crippen LogP contribution < -0.4 is 11.3 Å². The van der Waals surface area contributed by atoms with Crippen LogP contribution in [0.3, 0.4) is 0 Å². The molecule has 0 aliphatic rings. The number of aromatic nitrogens is 2. The summed E-state index contributed by atoms with van der Waals surface area (Å²) in [6.07, 6.45) is 0.818. The lowest BCUT2D eigenvalue weighted by Gasteiger charge is -2.10. The molecule has 1 heterocycles. The number of halogens is 1. The fraction of sp³-hybridized carbons (Fsp3) is 0.333. The van der Waals surface area contributed by atoms with Gasteiger partial charge in [0.2, 0.25) is 0 Å². The normalized spacial score (nSPS) is 10.9. The number of rotatable bonds is 4. The van der Waals surface area contributed by atoms with Crippen LogP contribution in [-0.4, -0.2) is 9.97 Å². The molecule has 3 N–H and O–H groups in total. The van der Waals surface area contributed by atoms with Gasteiger partial charge in [-0.25, -0.2) is 20.2 Å². The lowest BCUT2D eigenvalue weighted by molar-refractivity contribution is 0.626.